The summed E-state index contributed by atoms with van der Waals surface area (Å²) in [6, 6.07) is 6.52. The zero-order chi connectivity index (χ0) is 18.4. The van der Waals surface area contributed by atoms with Crippen LogP contribution >= 0.6 is 24.8 Å². The Morgan fingerprint density at radius 3 is 2.57 bits per heavy atom. The Morgan fingerprint density at radius 2 is 2.00 bits per heavy atom. The second-order valence-corrected chi connectivity index (χ2v) is 6.27. The molecular weight excluding hydrogens is 408 g/mol. The second-order valence-electron chi connectivity index (χ2n) is 6.27. The van der Waals surface area contributed by atoms with E-state index in [4.69, 9.17) is 5.21 Å². The molecule has 0 spiro atoms. The molecule has 0 bridgehead atoms. The quantitative estimate of drug-likeness (QED) is 0.319. The van der Waals surface area contributed by atoms with Gasteiger partial charge < -0.3 is 10.6 Å². The number of carbonyl (C=O) groups is 1. The van der Waals surface area contributed by atoms with E-state index in [1.807, 2.05) is 0 Å². The third-order valence-electron chi connectivity index (χ3n) is 4.28. The molecule has 152 valence electrons. The SMILES string of the molecule is Cl.Cl.O=C(/C=C/c1cnc(N[C@]2(Cc3ccc(F)cc3)CCNC2)cn1)NO. The van der Waals surface area contributed by atoms with Crippen molar-refractivity contribution >= 4 is 42.6 Å². The highest BCUT2D eigenvalue weighted by Gasteiger charge is 2.34. The first-order chi connectivity index (χ1) is 12.6. The number of hydrogen-bond acceptors (Lipinski definition) is 6. The summed E-state index contributed by atoms with van der Waals surface area (Å²) in [6.45, 7) is 1.66. The van der Waals surface area contributed by atoms with Gasteiger partial charge in [0, 0.05) is 12.6 Å². The van der Waals surface area contributed by atoms with Crippen molar-refractivity contribution in [2.45, 2.75) is 18.4 Å². The van der Waals surface area contributed by atoms with Crippen molar-refractivity contribution in [3.8, 4) is 0 Å². The molecule has 1 atom stereocenters. The molecular formula is C18H22Cl2FN5O2. The molecule has 10 heteroatoms. The molecule has 1 amide bonds. The van der Waals surface area contributed by atoms with Crippen LogP contribution in [0.15, 0.2) is 42.7 Å². The number of hydrogen-bond donors (Lipinski definition) is 4. The standard InChI is InChI=1S/C18H20FN5O2.2ClH/c19-14-3-1-13(2-4-14)9-18(7-8-20-12-18)23-16-11-21-15(10-22-16)5-6-17(25)24-26;;/h1-6,10-11,20,26H,7-9,12H2,(H,22,23)(H,24,25);2*1H/b6-5+;;/t18-;;/m0../s1. The summed E-state index contributed by atoms with van der Waals surface area (Å²) in [5.74, 6) is -0.256. The molecule has 1 aliphatic heterocycles. The number of nitrogens with one attached hydrogen (secondary N) is 3. The molecule has 1 saturated heterocycles. The van der Waals surface area contributed by atoms with Crippen molar-refractivity contribution in [1.29, 1.82) is 0 Å². The zero-order valence-electron chi connectivity index (χ0n) is 14.9. The first kappa shape index (κ1) is 23.8. The smallest absolute Gasteiger partial charge is 0.267 e. The van der Waals surface area contributed by atoms with Gasteiger partial charge in [0.2, 0.25) is 0 Å². The van der Waals surface area contributed by atoms with E-state index in [9.17, 15) is 9.18 Å². The monoisotopic (exact) mass is 429 g/mol. The molecule has 0 radical (unpaired) electrons. The average molecular weight is 430 g/mol. The third-order valence-corrected chi connectivity index (χ3v) is 4.28. The highest BCUT2D eigenvalue weighted by Crippen LogP contribution is 2.25. The summed E-state index contributed by atoms with van der Waals surface area (Å²) < 4.78 is 13.1. The number of amides is 1. The van der Waals surface area contributed by atoms with Gasteiger partial charge in [0.1, 0.15) is 11.6 Å². The Balaban J connectivity index is 0.00000196. The topological polar surface area (TPSA) is 99.2 Å². The van der Waals surface area contributed by atoms with E-state index in [1.54, 1.807) is 18.3 Å². The Morgan fingerprint density at radius 1 is 1.25 bits per heavy atom. The number of hydroxylamine groups is 1. The van der Waals surface area contributed by atoms with Gasteiger partial charge in [0.15, 0.2) is 0 Å². The van der Waals surface area contributed by atoms with Gasteiger partial charge in [-0.15, -0.1) is 24.8 Å². The lowest BCUT2D eigenvalue weighted by atomic mass is 9.90. The fourth-order valence-electron chi connectivity index (χ4n) is 3.00. The second kappa shape index (κ2) is 10.9. The third kappa shape index (κ3) is 6.42. The largest absolute Gasteiger partial charge is 0.362 e. The molecule has 4 N–H and O–H groups in total. The van der Waals surface area contributed by atoms with Gasteiger partial charge in [-0.1, -0.05) is 12.1 Å². The van der Waals surface area contributed by atoms with Crippen LogP contribution in [0, 0.1) is 5.82 Å². The van der Waals surface area contributed by atoms with Crippen LogP contribution in [0.5, 0.6) is 0 Å². The van der Waals surface area contributed by atoms with E-state index < -0.39 is 5.91 Å². The number of nitrogens with zero attached hydrogens (tertiary/aromatic N) is 2. The minimum absolute atomic E-state index is 0. The number of benzene rings is 1. The average Bonchev–Trinajstić information content (AvgIpc) is 3.11. The molecule has 1 aliphatic rings. The minimum atomic E-state index is -0.635. The molecule has 28 heavy (non-hydrogen) atoms. The fourth-order valence-corrected chi connectivity index (χ4v) is 3.00. The molecule has 0 saturated carbocycles. The van der Waals surface area contributed by atoms with Gasteiger partial charge in [-0.2, -0.15) is 0 Å². The van der Waals surface area contributed by atoms with E-state index in [1.165, 1.54) is 29.9 Å². The molecule has 2 heterocycles. The van der Waals surface area contributed by atoms with Crippen molar-refractivity contribution < 1.29 is 14.4 Å². The maximum Gasteiger partial charge on any atom is 0.267 e. The van der Waals surface area contributed by atoms with Crippen LogP contribution in [0.25, 0.3) is 6.08 Å². The van der Waals surface area contributed by atoms with Crippen LogP contribution in [-0.4, -0.2) is 39.7 Å². The van der Waals surface area contributed by atoms with Crippen molar-refractivity contribution in [2.75, 3.05) is 18.4 Å². The summed E-state index contributed by atoms with van der Waals surface area (Å²) in [5, 5.41) is 15.3. The highest BCUT2D eigenvalue weighted by molar-refractivity contribution is 5.90. The summed E-state index contributed by atoms with van der Waals surface area (Å²) in [4.78, 5) is 19.6. The van der Waals surface area contributed by atoms with Crippen molar-refractivity contribution in [3.63, 3.8) is 0 Å². The highest BCUT2D eigenvalue weighted by atomic mass is 35.5. The minimum Gasteiger partial charge on any atom is -0.362 e. The van der Waals surface area contributed by atoms with E-state index in [0.717, 1.165) is 37.6 Å². The van der Waals surface area contributed by atoms with Crippen molar-refractivity contribution in [1.82, 2.24) is 20.8 Å². The van der Waals surface area contributed by atoms with Crippen LogP contribution in [-0.2, 0) is 11.2 Å². The number of carbonyl (C=O) groups excluding carboxylic acids is 1. The van der Waals surface area contributed by atoms with E-state index in [0.29, 0.717) is 11.5 Å². The molecule has 0 unspecified atom stereocenters. The number of anilines is 1. The van der Waals surface area contributed by atoms with E-state index >= 15 is 0 Å². The number of aromatic nitrogens is 2. The Labute approximate surface area is 174 Å². The van der Waals surface area contributed by atoms with Crippen molar-refractivity contribution in [3.05, 3.63) is 59.8 Å². The first-order valence-electron chi connectivity index (χ1n) is 8.26. The van der Waals surface area contributed by atoms with Crippen molar-refractivity contribution in [2.24, 2.45) is 0 Å². The molecule has 3 rings (SSSR count). The Kier molecular flexibility index (Phi) is 9.27. The molecule has 1 fully saturated rings. The van der Waals surface area contributed by atoms with E-state index in [-0.39, 0.29) is 36.2 Å². The molecule has 7 nitrogen and oxygen atoms in total. The molecule has 0 aliphatic carbocycles. The van der Waals surface area contributed by atoms with Gasteiger partial charge >= 0.3 is 0 Å². The van der Waals surface area contributed by atoms with E-state index in [2.05, 4.69) is 20.6 Å². The van der Waals surface area contributed by atoms with Gasteiger partial charge in [-0.05, 0) is 43.2 Å². The van der Waals surface area contributed by atoms with Crippen LogP contribution in [0.1, 0.15) is 17.7 Å². The Bertz CT molecular complexity index is 782. The van der Waals surface area contributed by atoms with Crippen LogP contribution in [0.3, 0.4) is 0 Å². The summed E-state index contributed by atoms with van der Waals surface area (Å²) in [5.41, 5.74) is 2.83. The van der Waals surface area contributed by atoms with Crippen LogP contribution in [0.4, 0.5) is 10.2 Å². The Hall–Kier alpha value is -2.26. The number of halogens is 3. The van der Waals surface area contributed by atoms with Gasteiger partial charge in [-0.3, -0.25) is 15.0 Å². The fraction of sp³-hybridized carbons (Fsp3) is 0.278. The predicted molar refractivity (Wildman–Crippen MR) is 109 cm³/mol. The van der Waals surface area contributed by atoms with Gasteiger partial charge in [0.05, 0.1) is 23.6 Å². The summed E-state index contributed by atoms with van der Waals surface area (Å²) >= 11 is 0. The molecule has 2 aromatic rings. The predicted octanol–water partition coefficient (Wildman–Crippen LogP) is 2.36. The summed E-state index contributed by atoms with van der Waals surface area (Å²) in [6.07, 6.45) is 7.39. The maximum absolute atomic E-state index is 13.1. The molecule has 1 aromatic carbocycles. The zero-order valence-corrected chi connectivity index (χ0v) is 16.5. The summed E-state index contributed by atoms with van der Waals surface area (Å²) in [7, 11) is 0. The normalized spacial score (nSPS) is 18.2. The number of rotatable bonds is 6. The lowest BCUT2D eigenvalue weighted by Crippen LogP contribution is -2.43. The molecule has 1 aromatic heterocycles. The maximum atomic E-state index is 13.1. The van der Waals surface area contributed by atoms with Crippen LogP contribution < -0.4 is 16.1 Å². The lowest BCUT2D eigenvalue weighted by Gasteiger charge is -2.30. The van der Waals surface area contributed by atoms with Gasteiger partial charge in [0.25, 0.3) is 5.91 Å². The van der Waals surface area contributed by atoms with Gasteiger partial charge in [-0.25, -0.2) is 14.9 Å². The first-order valence-corrected chi connectivity index (χ1v) is 8.26. The van der Waals surface area contributed by atoms with Crippen LogP contribution in [0.2, 0.25) is 0 Å². The lowest BCUT2D eigenvalue weighted by molar-refractivity contribution is -0.124.